The Morgan fingerprint density at radius 3 is 2.36 bits per heavy atom. The second-order valence-corrected chi connectivity index (χ2v) is 4.53. The molecule has 0 amide bonds. The van der Waals surface area contributed by atoms with E-state index in [0.717, 1.165) is 11.1 Å². The van der Waals surface area contributed by atoms with Gasteiger partial charge < -0.3 is 10.5 Å². The first-order chi connectivity index (χ1) is 10.1. The molecule has 0 radical (unpaired) electrons. The summed E-state index contributed by atoms with van der Waals surface area (Å²) in [6.45, 7) is 0.691. The number of halogens is 1. The summed E-state index contributed by atoms with van der Waals surface area (Å²) < 4.78 is 5.53. The number of nitrogens with two attached hydrogens (primary N) is 1. The lowest BCUT2D eigenvalue weighted by molar-refractivity contribution is -0.384. The van der Waals surface area contributed by atoms with Crippen LogP contribution in [0.25, 0.3) is 0 Å². The van der Waals surface area contributed by atoms with Gasteiger partial charge in [-0.2, -0.15) is 0 Å². The van der Waals surface area contributed by atoms with Gasteiger partial charge in [0, 0.05) is 17.7 Å². The highest BCUT2D eigenvalue weighted by Crippen LogP contribution is 2.14. The zero-order valence-electron chi connectivity index (χ0n) is 11.7. The Morgan fingerprint density at radius 2 is 1.77 bits per heavy atom. The number of non-ortho nitro benzene ring substituents is 1. The summed E-state index contributed by atoms with van der Waals surface area (Å²) in [5.74, 6) is 0.0269. The van der Waals surface area contributed by atoms with Crippen LogP contribution >= 0.6 is 12.4 Å². The second-order valence-electron chi connectivity index (χ2n) is 4.53. The summed E-state index contributed by atoms with van der Waals surface area (Å²) in [5, 5.41) is 18.0. The van der Waals surface area contributed by atoms with Crippen LogP contribution in [0.15, 0.2) is 48.5 Å². The van der Waals surface area contributed by atoms with Gasteiger partial charge in [0.05, 0.1) is 18.1 Å². The molecule has 2 aromatic carbocycles. The van der Waals surface area contributed by atoms with E-state index in [1.807, 2.05) is 12.1 Å². The minimum absolute atomic E-state index is 0. The third kappa shape index (κ3) is 4.83. The van der Waals surface area contributed by atoms with Crippen molar-refractivity contribution in [3.63, 3.8) is 0 Å². The van der Waals surface area contributed by atoms with Gasteiger partial charge in [0.15, 0.2) is 0 Å². The lowest BCUT2D eigenvalue weighted by Gasteiger charge is -2.05. The lowest BCUT2D eigenvalue weighted by Crippen LogP contribution is -2.10. The standard InChI is InChI=1S/C15H15N3O3.ClH/c16-15(17)13-6-4-11(5-7-13)9-21-10-12-2-1-3-14(8-12)18(19)20;/h1-8H,9-10H2,(H3,16,17);1H. The number of hydrogen-bond donors (Lipinski definition) is 2. The fraction of sp³-hybridized carbons (Fsp3) is 0.133. The molecule has 22 heavy (non-hydrogen) atoms. The van der Waals surface area contributed by atoms with Crippen LogP contribution in [0.5, 0.6) is 0 Å². The van der Waals surface area contributed by atoms with E-state index in [-0.39, 0.29) is 23.9 Å². The fourth-order valence-corrected chi connectivity index (χ4v) is 1.83. The minimum Gasteiger partial charge on any atom is -0.384 e. The van der Waals surface area contributed by atoms with Crippen molar-refractivity contribution < 1.29 is 9.66 Å². The molecule has 0 aliphatic heterocycles. The zero-order valence-corrected chi connectivity index (χ0v) is 12.5. The van der Waals surface area contributed by atoms with E-state index in [0.29, 0.717) is 18.8 Å². The Balaban J connectivity index is 0.00000242. The first kappa shape index (κ1) is 17.6. The molecule has 116 valence electrons. The molecular weight excluding hydrogens is 306 g/mol. The minimum atomic E-state index is -0.427. The smallest absolute Gasteiger partial charge is 0.269 e. The highest BCUT2D eigenvalue weighted by molar-refractivity contribution is 5.94. The number of nitro benzene ring substituents is 1. The third-order valence-electron chi connectivity index (χ3n) is 2.92. The van der Waals surface area contributed by atoms with E-state index >= 15 is 0 Å². The number of nitrogens with zero attached hydrogens (tertiary/aromatic N) is 1. The molecule has 6 nitrogen and oxygen atoms in total. The van der Waals surface area contributed by atoms with Crippen molar-refractivity contribution in [1.82, 2.24) is 0 Å². The van der Waals surface area contributed by atoms with Crippen molar-refractivity contribution in [2.75, 3.05) is 0 Å². The van der Waals surface area contributed by atoms with E-state index in [2.05, 4.69) is 0 Å². The van der Waals surface area contributed by atoms with Gasteiger partial charge in [-0.1, -0.05) is 36.4 Å². The number of ether oxygens (including phenoxy) is 1. The van der Waals surface area contributed by atoms with Crippen molar-refractivity contribution in [3.8, 4) is 0 Å². The maximum Gasteiger partial charge on any atom is 0.269 e. The average Bonchev–Trinajstić information content (AvgIpc) is 2.48. The number of nitrogens with one attached hydrogen (secondary N) is 1. The lowest BCUT2D eigenvalue weighted by atomic mass is 10.1. The van der Waals surface area contributed by atoms with Gasteiger partial charge in [-0.15, -0.1) is 12.4 Å². The quantitative estimate of drug-likeness (QED) is 0.369. The van der Waals surface area contributed by atoms with Crippen molar-refractivity contribution in [3.05, 3.63) is 75.3 Å². The summed E-state index contributed by atoms with van der Waals surface area (Å²) >= 11 is 0. The molecule has 7 heteroatoms. The average molecular weight is 322 g/mol. The van der Waals surface area contributed by atoms with Crippen LogP contribution in [0.3, 0.4) is 0 Å². The van der Waals surface area contributed by atoms with Gasteiger partial charge in [-0.25, -0.2) is 0 Å². The predicted molar refractivity (Wildman–Crippen MR) is 86.3 cm³/mol. The van der Waals surface area contributed by atoms with Gasteiger partial charge >= 0.3 is 0 Å². The fourth-order valence-electron chi connectivity index (χ4n) is 1.83. The van der Waals surface area contributed by atoms with Crippen LogP contribution in [0.2, 0.25) is 0 Å². The van der Waals surface area contributed by atoms with Crippen LogP contribution in [-0.2, 0) is 18.0 Å². The number of amidine groups is 1. The van der Waals surface area contributed by atoms with Gasteiger partial charge in [0.25, 0.3) is 5.69 Å². The highest BCUT2D eigenvalue weighted by Gasteiger charge is 2.05. The monoisotopic (exact) mass is 321 g/mol. The summed E-state index contributed by atoms with van der Waals surface area (Å²) in [4.78, 5) is 10.2. The van der Waals surface area contributed by atoms with Crippen LogP contribution < -0.4 is 5.73 Å². The Kier molecular flexibility index (Phi) is 6.49. The summed E-state index contributed by atoms with van der Waals surface area (Å²) in [6, 6.07) is 13.6. The highest BCUT2D eigenvalue weighted by atomic mass is 35.5. The molecule has 0 atom stereocenters. The molecule has 0 heterocycles. The number of benzene rings is 2. The van der Waals surface area contributed by atoms with Gasteiger partial charge in [-0.05, 0) is 11.1 Å². The molecule has 0 fully saturated rings. The zero-order chi connectivity index (χ0) is 15.2. The summed E-state index contributed by atoms with van der Waals surface area (Å²) in [5.41, 5.74) is 7.80. The molecule has 0 aliphatic carbocycles. The normalized spacial score (nSPS) is 9.82. The van der Waals surface area contributed by atoms with Gasteiger partial charge in [0.2, 0.25) is 0 Å². The van der Waals surface area contributed by atoms with Crippen molar-refractivity contribution in [1.29, 1.82) is 5.41 Å². The SMILES string of the molecule is Cl.N=C(N)c1ccc(COCc2cccc([N+](=O)[O-])c2)cc1. The van der Waals surface area contributed by atoms with Crippen molar-refractivity contribution >= 4 is 23.9 Å². The van der Waals surface area contributed by atoms with Crippen molar-refractivity contribution in [2.45, 2.75) is 13.2 Å². The largest absolute Gasteiger partial charge is 0.384 e. The van der Waals surface area contributed by atoms with Crippen LogP contribution in [0.4, 0.5) is 5.69 Å². The molecule has 0 saturated carbocycles. The molecule has 0 saturated heterocycles. The van der Waals surface area contributed by atoms with E-state index in [9.17, 15) is 10.1 Å². The third-order valence-corrected chi connectivity index (χ3v) is 2.92. The maximum absolute atomic E-state index is 10.7. The number of rotatable bonds is 6. The van der Waals surface area contributed by atoms with E-state index < -0.39 is 4.92 Å². The van der Waals surface area contributed by atoms with Crippen LogP contribution in [-0.4, -0.2) is 10.8 Å². The molecule has 0 bridgehead atoms. The van der Waals surface area contributed by atoms with Gasteiger partial charge in [0.1, 0.15) is 5.84 Å². The van der Waals surface area contributed by atoms with Crippen LogP contribution in [0.1, 0.15) is 16.7 Å². The Hall–Kier alpha value is -2.44. The Bertz CT molecular complexity index is 659. The molecule has 0 unspecified atom stereocenters. The number of nitrogen functional groups attached to an aromatic ring is 1. The van der Waals surface area contributed by atoms with Crippen molar-refractivity contribution in [2.24, 2.45) is 5.73 Å². The maximum atomic E-state index is 10.7. The first-order valence-corrected chi connectivity index (χ1v) is 6.30. The topological polar surface area (TPSA) is 102 Å². The predicted octanol–water partition coefficient (Wildman–Crippen LogP) is 3.02. The molecule has 2 rings (SSSR count). The molecule has 0 aromatic heterocycles. The molecule has 2 aromatic rings. The van der Waals surface area contributed by atoms with E-state index in [1.165, 1.54) is 12.1 Å². The molecule has 0 aliphatic rings. The first-order valence-electron chi connectivity index (χ1n) is 6.30. The van der Waals surface area contributed by atoms with Gasteiger partial charge in [-0.3, -0.25) is 15.5 Å². The van der Waals surface area contributed by atoms with E-state index in [1.54, 1.807) is 24.3 Å². The number of nitro groups is 1. The molecular formula is C15H16ClN3O3. The Morgan fingerprint density at radius 1 is 1.14 bits per heavy atom. The van der Waals surface area contributed by atoms with Crippen LogP contribution in [0, 0.1) is 15.5 Å². The summed E-state index contributed by atoms with van der Waals surface area (Å²) in [7, 11) is 0. The molecule has 0 spiro atoms. The van der Waals surface area contributed by atoms with E-state index in [4.69, 9.17) is 15.9 Å². The number of hydrogen-bond acceptors (Lipinski definition) is 4. The summed E-state index contributed by atoms with van der Waals surface area (Å²) in [6.07, 6.45) is 0. The Labute approximate surface area is 134 Å². The molecule has 3 N–H and O–H groups in total. The second kappa shape index (κ2) is 8.11.